The summed E-state index contributed by atoms with van der Waals surface area (Å²) < 4.78 is 15.8. The van der Waals surface area contributed by atoms with Crippen LogP contribution in [0.1, 0.15) is 19.4 Å². The van der Waals surface area contributed by atoms with Gasteiger partial charge in [-0.05, 0) is 17.7 Å². The van der Waals surface area contributed by atoms with E-state index in [1.807, 2.05) is 18.2 Å². The molecule has 0 saturated carbocycles. The molecule has 4 nitrogen and oxygen atoms in total. The first-order chi connectivity index (χ1) is 9.63. The van der Waals surface area contributed by atoms with Gasteiger partial charge in [0.1, 0.15) is 12.4 Å². The Balaban J connectivity index is 2.32. The first kappa shape index (κ1) is 17.2. The monoisotopic (exact) mass is 301 g/mol. The third kappa shape index (κ3) is 7.10. The molecule has 114 valence electrons. The lowest BCUT2D eigenvalue weighted by molar-refractivity contribution is 0.0544. The molecule has 0 aliphatic rings. The molecule has 0 heterocycles. The average molecular weight is 302 g/mol. The van der Waals surface area contributed by atoms with Crippen LogP contribution in [0.4, 0.5) is 0 Å². The predicted octanol–water partition coefficient (Wildman–Crippen LogP) is 2.88. The zero-order valence-electron chi connectivity index (χ0n) is 12.4. The molecule has 1 aromatic carbocycles. The molecule has 5 heteroatoms. The van der Waals surface area contributed by atoms with E-state index in [4.69, 9.17) is 25.8 Å². The average Bonchev–Trinajstić information content (AvgIpc) is 2.42. The van der Waals surface area contributed by atoms with Gasteiger partial charge in [-0.1, -0.05) is 31.5 Å². The molecule has 0 aromatic heterocycles. The fraction of sp³-hybridized carbons (Fsp3) is 0.600. The summed E-state index contributed by atoms with van der Waals surface area (Å²) in [6, 6.07) is 6.30. The largest absolute Gasteiger partial charge is 0.490 e. The Labute approximate surface area is 126 Å². The standard InChI is InChI=1S/C15H24ClNO3/c1-12(2)17-11-13-4-5-15(14(16)10-13)20-9-8-19-7-6-18-3/h4-5,10,12,17H,6-9,11H2,1-3H3. The summed E-state index contributed by atoms with van der Waals surface area (Å²) in [5, 5.41) is 3.98. The lowest BCUT2D eigenvalue weighted by atomic mass is 10.2. The number of nitrogens with one attached hydrogen (secondary N) is 1. The van der Waals surface area contributed by atoms with Gasteiger partial charge in [0.25, 0.3) is 0 Å². The molecule has 0 aliphatic carbocycles. The highest BCUT2D eigenvalue weighted by Crippen LogP contribution is 2.25. The number of halogens is 1. The fourth-order valence-corrected chi connectivity index (χ4v) is 1.81. The Hall–Kier alpha value is -0.810. The Kier molecular flexibility index (Phi) is 8.62. The zero-order valence-corrected chi connectivity index (χ0v) is 13.2. The van der Waals surface area contributed by atoms with E-state index >= 15 is 0 Å². The summed E-state index contributed by atoms with van der Waals surface area (Å²) in [7, 11) is 1.65. The van der Waals surface area contributed by atoms with Crippen molar-refractivity contribution in [2.24, 2.45) is 0 Å². The maximum atomic E-state index is 6.19. The number of hydrogen-bond acceptors (Lipinski definition) is 4. The van der Waals surface area contributed by atoms with Crippen LogP contribution >= 0.6 is 11.6 Å². The van der Waals surface area contributed by atoms with Crippen LogP contribution in [0, 0.1) is 0 Å². The van der Waals surface area contributed by atoms with Crippen LogP contribution in [0.3, 0.4) is 0 Å². The van der Waals surface area contributed by atoms with Gasteiger partial charge >= 0.3 is 0 Å². The first-order valence-electron chi connectivity index (χ1n) is 6.84. The van der Waals surface area contributed by atoms with E-state index in [0.29, 0.717) is 43.2 Å². The number of rotatable bonds is 10. The smallest absolute Gasteiger partial charge is 0.138 e. The van der Waals surface area contributed by atoms with Crippen molar-refractivity contribution in [2.75, 3.05) is 33.5 Å². The summed E-state index contributed by atoms with van der Waals surface area (Å²) in [4.78, 5) is 0. The Morgan fingerprint density at radius 2 is 1.90 bits per heavy atom. The van der Waals surface area contributed by atoms with Gasteiger partial charge in [-0.2, -0.15) is 0 Å². The molecular formula is C15H24ClNO3. The molecular weight excluding hydrogens is 278 g/mol. The van der Waals surface area contributed by atoms with Crippen molar-refractivity contribution in [3.8, 4) is 5.75 Å². The first-order valence-corrected chi connectivity index (χ1v) is 7.22. The maximum absolute atomic E-state index is 6.19. The summed E-state index contributed by atoms with van der Waals surface area (Å²) in [5.41, 5.74) is 1.15. The maximum Gasteiger partial charge on any atom is 0.138 e. The fourth-order valence-electron chi connectivity index (χ4n) is 1.55. The number of methoxy groups -OCH3 is 1. The van der Waals surface area contributed by atoms with E-state index in [9.17, 15) is 0 Å². The van der Waals surface area contributed by atoms with Crippen LogP contribution in [-0.4, -0.2) is 39.6 Å². The van der Waals surface area contributed by atoms with Crippen molar-refractivity contribution in [1.29, 1.82) is 0 Å². The van der Waals surface area contributed by atoms with E-state index in [2.05, 4.69) is 19.2 Å². The lowest BCUT2D eigenvalue weighted by Gasteiger charge is -2.11. The van der Waals surface area contributed by atoms with Crippen LogP contribution in [0.5, 0.6) is 5.75 Å². The topological polar surface area (TPSA) is 39.7 Å². The van der Waals surface area contributed by atoms with E-state index in [0.717, 1.165) is 12.1 Å². The molecule has 20 heavy (non-hydrogen) atoms. The van der Waals surface area contributed by atoms with Gasteiger partial charge in [0, 0.05) is 19.7 Å². The van der Waals surface area contributed by atoms with Gasteiger partial charge in [0.2, 0.25) is 0 Å². The van der Waals surface area contributed by atoms with E-state index in [1.54, 1.807) is 7.11 Å². The lowest BCUT2D eigenvalue weighted by Crippen LogP contribution is -2.21. The van der Waals surface area contributed by atoms with Crippen molar-refractivity contribution in [3.63, 3.8) is 0 Å². The highest BCUT2D eigenvalue weighted by atomic mass is 35.5. The Morgan fingerprint density at radius 1 is 1.15 bits per heavy atom. The Morgan fingerprint density at radius 3 is 2.55 bits per heavy atom. The van der Waals surface area contributed by atoms with E-state index in [-0.39, 0.29) is 0 Å². The molecule has 0 fully saturated rings. The molecule has 1 aromatic rings. The molecule has 0 spiro atoms. The van der Waals surface area contributed by atoms with Crippen molar-refractivity contribution >= 4 is 11.6 Å². The zero-order chi connectivity index (χ0) is 14.8. The summed E-state index contributed by atoms with van der Waals surface area (Å²) in [6.07, 6.45) is 0. The van der Waals surface area contributed by atoms with Crippen LogP contribution in [-0.2, 0) is 16.0 Å². The van der Waals surface area contributed by atoms with Crippen molar-refractivity contribution in [2.45, 2.75) is 26.4 Å². The molecule has 0 saturated heterocycles. The van der Waals surface area contributed by atoms with Crippen LogP contribution in [0.15, 0.2) is 18.2 Å². The Bertz CT molecular complexity index is 385. The molecule has 0 bridgehead atoms. The summed E-state index contributed by atoms with van der Waals surface area (Å²) >= 11 is 6.19. The van der Waals surface area contributed by atoms with Crippen molar-refractivity contribution < 1.29 is 14.2 Å². The number of hydrogen-bond donors (Lipinski definition) is 1. The summed E-state index contributed by atoms with van der Waals surface area (Å²) in [6.45, 7) is 7.21. The quantitative estimate of drug-likeness (QED) is 0.675. The summed E-state index contributed by atoms with van der Waals surface area (Å²) in [5.74, 6) is 0.690. The van der Waals surface area contributed by atoms with Gasteiger partial charge in [0.05, 0.1) is 24.8 Å². The number of ether oxygens (including phenoxy) is 3. The molecule has 1 N–H and O–H groups in total. The van der Waals surface area contributed by atoms with Gasteiger partial charge in [-0.15, -0.1) is 0 Å². The van der Waals surface area contributed by atoms with Gasteiger partial charge in [-0.3, -0.25) is 0 Å². The highest BCUT2D eigenvalue weighted by Gasteiger charge is 2.04. The highest BCUT2D eigenvalue weighted by molar-refractivity contribution is 6.32. The van der Waals surface area contributed by atoms with E-state index in [1.165, 1.54) is 0 Å². The normalized spacial score (nSPS) is 11.1. The van der Waals surface area contributed by atoms with Crippen molar-refractivity contribution in [1.82, 2.24) is 5.32 Å². The second-order valence-corrected chi connectivity index (χ2v) is 5.16. The van der Waals surface area contributed by atoms with Crippen LogP contribution in [0.25, 0.3) is 0 Å². The molecule has 1 rings (SSSR count). The number of benzene rings is 1. The minimum atomic E-state index is 0.453. The van der Waals surface area contributed by atoms with Crippen LogP contribution < -0.4 is 10.1 Å². The molecule has 0 radical (unpaired) electrons. The second kappa shape index (κ2) is 10.00. The van der Waals surface area contributed by atoms with Crippen LogP contribution in [0.2, 0.25) is 5.02 Å². The van der Waals surface area contributed by atoms with Gasteiger partial charge in [0.15, 0.2) is 0 Å². The predicted molar refractivity (Wildman–Crippen MR) is 81.6 cm³/mol. The third-order valence-electron chi connectivity index (χ3n) is 2.63. The molecule has 0 unspecified atom stereocenters. The van der Waals surface area contributed by atoms with Gasteiger partial charge < -0.3 is 19.5 Å². The molecule has 0 atom stereocenters. The molecule has 0 aliphatic heterocycles. The third-order valence-corrected chi connectivity index (χ3v) is 2.92. The minimum absolute atomic E-state index is 0.453. The van der Waals surface area contributed by atoms with E-state index < -0.39 is 0 Å². The second-order valence-electron chi connectivity index (χ2n) is 4.75. The minimum Gasteiger partial charge on any atom is -0.490 e. The SMILES string of the molecule is COCCOCCOc1ccc(CNC(C)C)cc1Cl. The van der Waals surface area contributed by atoms with Gasteiger partial charge in [-0.25, -0.2) is 0 Å². The van der Waals surface area contributed by atoms with Crippen molar-refractivity contribution in [3.05, 3.63) is 28.8 Å². The molecule has 0 amide bonds.